The van der Waals surface area contributed by atoms with Gasteiger partial charge in [-0.25, -0.2) is 0 Å². The van der Waals surface area contributed by atoms with Crippen LogP contribution in [0.1, 0.15) is 33.1 Å². The smallest absolute Gasteiger partial charge is 0.252 e. The summed E-state index contributed by atoms with van der Waals surface area (Å²) in [6.45, 7) is 2.07. The Morgan fingerprint density at radius 2 is 1.33 bits per heavy atom. The number of rotatable bonds is 4. The predicted molar refractivity (Wildman–Crippen MR) is 111 cm³/mol. The Bertz CT molecular complexity index is 1070. The second-order valence-corrected chi connectivity index (χ2v) is 6.79. The fourth-order valence-electron chi connectivity index (χ4n) is 3.31. The van der Waals surface area contributed by atoms with Crippen LogP contribution in [-0.2, 0) is 0 Å². The number of carbonyl (C=O) groups is 1. The largest absolute Gasteiger partial charge is 0.341 e. The van der Waals surface area contributed by atoms with Gasteiger partial charge in [-0.3, -0.25) is 4.79 Å². The summed E-state index contributed by atoms with van der Waals surface area (Å²) < 4.78 is 0. The summed E-state index contributed by atoms with van der Waals surface area (Å²) in [6, 6.07) is 32.1. The summed E-state index contributed by atoms with van der Waals surface area (Å²) in [6.07, 6.45) is 0. The van der Waals surface area contributed by atoms with Gasteiger partial charge in [0.05, 0.1) is 6.04 Å². The van der Waals surface area contributed by atoms with Crippen molar-refractivity contribution in [3.05, 3.63) is 119 Å². The molecule has 0 bridgehead atoms. The fraction of sp³-hybridized carbons (Fsp3) is 0.0800. The first-order valence-electron chi connectivity index (χ1n) is 9.12. The van der Waals surface area contributed by atoms with Crippen molar-refractivity contribution in [3.63, 3.8) is 0 Å². The molecule has 0 aliphatic carbocycles. The van der Waals surface area contributed by atoms with Crippen molar-refractivity contribution >= 4 is 16.7 Å². The van der Waals surface area contributed by atoms with Gasteiger partial charge in [0.25, 0.3) is 5.91 Å². The van der Waals surface area contributed by atoms with E-state index in [4.69, 9.17) is 0 Å². The maximum Gasteiger partial charge on any atom is 0.252 e. The molecule has 4 aromatic rings. The van der Waals surface area contributed by atoms with Crippen LogP contribution in [-0.4, -0.2) is 5.91 Å². The van der Waals surface area contributed by atoms with E-state index in [1.807, 2.05) is 42.5 Å². The van der Waals surface area contributed by atoms with Gasteiger partial charge in [-0.15, -0.1) is 0 Å². The van der Waals surface area contributed by atoms with Crippen molar-refractivity contribution in [1.82, 2.24) is 5.32 Å². The van der Waals surface area contributed by atoms with E-state index in [-0.39, 0.29) is 11.9 Å². The molecule has 2 nitrogen and oxygen atoms in total. The van der Waals surface area contributed by atoms with Gasteiger partial charge < -0.3 is 5.32 Å². The van der Waals surface area contributed by atoms with Gasteiger partial charge in [0.2, 0.25) is 0 Å². The Labute approximate surface area is 159 Å². The molecule has 0 saturated carbocycles. The number of hydrogen-bond donors (Lipinski definition) is 1. The van der Waals surface area contributed by atoms with Gasteiger partial charge in [0.15, 0.2) is 0 Å². The monoisotopic (exact) mass is 351 g/mol. The molecule has 0 saturated heterocycles. The SMILES string of the molecule is Cc1ccc(C(NC(=O)c2ccccc2)c2ccc3ccccc3c2)cc1. The Morgan fingerprint density at radius 3 is 2.07 bits per heavy atom. The van der Waals surface area contributed by atoms with Crippen LogP contribution >= 0.6 is 0 Å². The number of carbonyl (C=O) groups excluding carboxylic acids is 1. The van der Waals surface area contributed by atoms with E-state index in [1.165, 1.54) is 16.3 Å². The zero-order chi connectivity index (χ0) is 18.6. The number of hydrogen-bond acceptors (Lipinski definition) is 1. The first-order valence-corrected chi connectivity index (χ1v) is 9.12. The normalized spacial score (nSPS) is 11.9. The lowest BCUT2D eigenvalue weighted by Crippen LogP contribution is -2.29. The second-order valence-electron chi connectivity index (χ2n) is 6.79. The molecule has 132 valence electrons. The number of aryl methyl sites for hydroxylation is 1. The molecule has 1 N–H and O–H groups in total. The molecule has 0 radical (unpaired) electrons. The van der Waals surface area contributed by atoms with Crippen molar-refractivity contribution in [2.75, 3.05) is 0 Å². The van der Waals surface area contributed by atoms with Crippen molar-refractivity contribution < 1.29 is 4.79 Å². The quantitative estimate of drug-likeness (QED) is 0.504. The summed E-state index contributed by atoms with van der Waals surface area (Å²) in [5, 5.41) is 5.57. The highest BCUT2D eigenvalue weighted by Crippen LogP contribution is 2.26. The van der Waals surface area contributed by atoms with Gasteiger partial charge >= 0.3 is 0 Å². The van der Waals surface area contributed by atoms with Crippen molar-refractivity contribution in [1.29, 1.82) is 0 Å². The Morgan fingerprint density at radius 1 is 0.704 bits per heavy atom. The molecule has 27 heavy (non-hydrogen) atoms. The molecule has 1 amide bonds. The first kappa shape index (κ1) is 17.0. The molecule has 4 aromatic carbocycles. The van der Waals surface area contributed by atoms with Crippen LogP contribution < -0.4 is 5.32 Å². The van der Waals surface area contributed by atoms with Crippen LogP contribution in [0.5, 0.6) is 0 Å². The van der Waals surface area contributed by atoms with Crippen LogP contribution in [0, 0.1) is 6.92 Å². The van der Waals surface area contributed by atoms with Crippen molar-refractivity contribution in [2.24, 2.45) is 0 Å². The van der Waals surface area contributed by atoms with E-state index in [0.29, 0.717) is 5.56 Å². The average molecular weight is 351 g/mol. The van der Waals surface area contributed by atoms with Gasteiger partial charge in [0, 0.05) is 5.56 Å². The lowest BCUT2D eigenvalue weighted by molar-refractivity contribution is 0.0943. The molecule has 1 atom stereocenters. The first-order chi connectivity index (χ1) is 13.2. The standard InChI is InChI=1S/C25H21NO/c1-18-11-13-20(14-12-18)24(26-25(27)21-8-3-2-4-9-21)23-16-15-19-7-5-6-10-22(19)17-23/h2-17,24H,1H3,(H,26,27). The molecular weight excluding hydrogens is 330 g/mol. The van der Waals surface area contributed by atoms with Gasteiger partial charge in [-0.1, -0.05) is 84.4 Å². The Kier molecular flexibility index (Phi) is 4.71. The second kappa shape index (κ2) is 7.46. The zero-order valence-electron chi connectivity index (χ0n) is 15.2. The van der Waals surface area contributed by atoms with Crippen LogP contribution in [0.4, 0.5) is 0 Å². The lowest BCUT2D eigenvalue weighted by atomic mass is 9.95. The summed E-state index contributed by atoms with van der Waals surface area (Å²) in [4.78, 5) is 12.8. The molecule has 1 unspecified atom stereocenters. The van der Waals surface area contributed by atoms with Crippen LogP contribution in [0.15, 0.2) is 97.1 Å². The third kappa shape index (κ3) is 3.75. The molecule has 2 heteroatoms. The van der Waals surface area contributed by atoms with E-state index in [0.717, 1.165) is 11.1 Å². The van der Waals surface area contributed by atoms with Crippen LogP contribution in [0.3, 0.4) is 0 Å². The molecule has 0 aromatic heterocycles. The van der Waals surface area contributed by atoms with Gasteiger partial charge in [-0.05, 0) is 47.0 Å². The van der Waals surface area contributed by atoms with Crippen LogP contribution in [0.2, 0.25) is 0 Å². The summed E-state index contributed by atoms with van der Waals surface area (Å²) in [7, 11) is 0. The highest BCUT2D eigenvalue weighted by Gasteiger charge is 2.18. The maximum absolute atomic E-state index is 12.8. The molecule has 0 spiro atoms. The van der Waals surface area contributed by atoms with E-state index in [1.54, 1.807) is 0 Å². The number of amides is 1. The number of nitrogens with one attached hydrogen (secondary N) is 1. The minimum Gasteiger partial charge on any atom is -0.341 e. The maximum atomic E-state index is 12.8. The fourth-order valence-corrected chi connectivity index (χ4v) is 3.31. The summed E-state index contributed by atoms with van der Waals surface area (Å²) in [5.41, 5.74) is 4.00. The van der Waals surface area contributed by atoms with E-state index < -0.39 is 0 Å². The molecule has 4 rings (SSSR count). The Hall–Kier alpha value is -3.39. The number of fused-ring (bicyclic) bond motifs is 1. The van der Waals surface area contributed by atoms with Crippen molar-refractivity contribution in [2.45, 2.75) is 13.0 Å². The molecule has 0 aliphatic heterocycles. The minimum absolute atomic E-state index is 0.0747. The van der Waals surface area contributed by atoms with E-state index in [2.05, 4.69) is 66.8 Å². The topological polar surface area (TPSA) is 29.1 Å². The lowest BCUT2D eigenvalue weighted by Gasteiger charge is -2.21. The van der Waals surface area contributed by atoms with E-state index >= 15 is 0 Å². The minimum atomic E-state index is -0.206. The van der Waals surface area contributed by atoms with E-state index in [9.17, 15) is 4.79 Å². The average Bonchev–Trinajstić information content (AvgIpc) is 2.73. The highest BCUT2D eigenvalue weighted by molar-refractivity contribution is 5.94. The molecular formula is C25H21NO. The third-order valence-corrected chi connectivity index (χ3v) is 4.83. The number of benzene rings is 4. The van der Waals surface area contributed by atoms with Crippen LogP contribution in [0.25, 0.3) is 10.8 Å². The highest BCUT2D eigenvalue weighted by atomic mass is 16.1. The molecule has 0 fully saturated rings. The molecule has 0 aliphatic rings. The Balaban J connectivity index is 1.75. The summed E-state index contributed by atoms with van der Waals surface area (Å²) >= 11 is 0. The van der Waals surface area contributed by atoms with Gasteiger partial charge in [0.1, 0.15) is 0 Å². The molecule has 0 heterocycles. The van der Waals surface area contributed by atoms with Crippen molar-refractivity contribution in [3.8, 4) is 0 Å². The third-order valence-electron chi connectivity index (χ3n) is 4.83. The van der Waals surface area contributed by atoms with Gasteiger partial charge in [-0.2, -0.15) is 0 Å². The zero-order valence-corrected chi connectivity index (χ0v) is 15.2. The summed E-state index contributed by atoms with van der Waals surface area (Å²) in [5.74, 6) is -0.0747. The predicted octanol–water partition coefficient (Wildman–Crippen LogP) is 5.67.